The van der Waals surface area contributed by atoms with E-state index in [0.29, 0.717) is 19.0 Å². The number of aliphatic imine (C=N–C) groups is 1. The molecule has 1 aliphatic carbocycles. The van der Waals surface area contributed by atoms with E-state index in [2.05, 4.69) is 32.8 Å². The van der Waals surface area contributed by atoms with Crippen molar-refractivity contribution in [1.29, 1.82) is 0 Å². The van der Waals surface area contributed by atoms with E-state index in [4.69, 9.17) is 0 Å². The molecule has 0 radical (unpaired) electrons. The summed E-state index contributed by atoms with van der Waals surface area (Å²) in [6.45, 7) is 9.69. The Bertz CT molecular complexity index is 418. The van der Waals surface area contributed by atoms with Crippen LogP contribution in [-0.4, -0.2) is 61.1 Å². The van der Waals surface area contributed by atoms with Crippen molar-refractivity contribution in [2.45, 2.75) is 77.4 Å². The van der Waals surface area contributed by atoms with Gasteiger partial charge in [-0.2, -0.15) is 0 Å². The van der Waals surface area contributed by atoms with Gasteiger partial charge in [0.25, 0.3) is 0 Å². The second-order valence-electron chi connectivity index (χ2n) is 7.30. The fourth-order valence-electron chi connectivity index (χ4n) is 3.68. The van der Waals surface area contributed by atoms with Crippen molar-refractivity contribution in [3.63, 3.8) is 0 Å². The Morgan fingerprint density at radius 1 is 1.25 bits per heavy atom. The molecule has 6 heteroatoms. The van der Waals surface area contributed by atoms with E-state index in [-0.39, 0.29) is 11.9 Å². The van der Waals surface area contributed by atoms with Gasteiger partial charge in [0.05, 0.1) is 6.54 Å². The maximum absolute atomic E-state index is 11.7. The molecule has 1 amide bonds. The van der Waals surface area contributed by atoms with Gasteiger partial charge >= 0.3 is 0 Å². The van der Waals surface area contributed by atoms with Crippen LogP contribution in [0, 0.1) is 0 Å². The number of rotatable bonds is 7. The number of carbonyl (C=O) groups is 1. The van der Waals surface area contributed by atoms with E-state index in [1.165, 1.54) is 38.6 Å². The number of nitrogens with zero attached hydrogens (tertiary/aromatic N) is 2. The second-order valence-corrected chi connectivity index (χ2v) is 7.30. The highest BCUT2D eigenvalue weighted by Crippen LogP contribution is 2.26. The summed E-state index contributed by atoms with van der Waals surface area (Å²) in [5, 5.41) is 9.75. The van der Waals surface area contributed by atoms with E-state index in [0.717, 1.165) is 25.1 Å². The minimum atomic E-state index is 0.0675. The zero-order valence-electron chi connectivity index (χ0n) is 15.6. The summed E-state index contributed by atoms with van der Waals surface area (Å²) in [6.07, 6.45) is 7.13. The van der Waals surface area contributed by atoms with Gasteiger partial charge in [0, 0.05) is 44.2 Å². The van der Waals surface area contributed by atoms with E-state index in [9.17, 15) is 4.79 Å². The lowest BCUT2D eigenvalue weighted by Crippen LogP contribution is -2.45. The van der Waals surface area contributed by atoms with Crippen molar-refractivity contribution in [3.05, 3.63) is 0 Å². The number of amides is 1. The third-order valence-corrected chi connectivity index (χ3v) is 4.80. The number of hydrogen-bond donors (Lipinski definition) is 3. The molecule has 1 heterocycles. The van der Waals surface area contributed by atoms with Gasteiger partial charge in [-0.3, -0.25) is 14.7 Å². The highest BCUT2D eigenvalue weighted by Gasteiger charge is 2.30. The minimum Gasteiger partial charge on any atom is -0.357 e. The lowest BCUT2D eigenvalue weighted by Gasteiger charge is -2.24. The Labute approximate surface area is 146 Å². The van der Waals surface area contributed by atoms with Gasteiger partial charge < -0.3 is 16.0 Å². The van der Waals surface area contributed by atoms with Gasteiger partial charge in [-0.1, -0.05) is 12.8 Å². The maximum atomic E-state index is 11.7. The first kappa shape index (κ1) is 19.0. The van der Waals surface area contributed by atoms with Crippen molar-refractivity contribution in [3.8, 4) is 0 Å². The molecule has 1 atom stereocenters. The summed E-state index contributed by atoms with van der Waals surface area (Å²) in [6, 6.07) is 1.46. The lowest BCUT2D eigenvalue weighted by molar-refractivity contribution is -0.121. The summed E-state index contributed by atoms with van der Waals surface area (Å²) in [7, 11) is 0. The number of guanidine groups is 1. The van der Waals surface area contributed by atoms with Crippen molar-refractivity contribution in [2.75, 3.05) is 26.2 Å². The summed E-state index contributed by atoms with van der Waals surface area (Å²) >= 11 is 0. The predicted octanol–water partition coefficient (Wildman–Crippen LogP) is 1.47. The summed E-state index contributed by atoms with van der Waals surface area (Å²) in [5.41, 5.74) is 0. The Kier molecular flexibility index (Phi) is 7.82. The molecular weight excluding hydrogens is 302 g/mol. The summed E-state index contributed by atoms with van der Waals surface area (Å²) in [4.78, 5) is 18.9. The molecule has 1 saturated heterocycles. The van der Waals surface area contributed by atoms with E-state index >= 15 is 0 Å². The number of carbonyl (C=O) groups excluding carboxylic acids is 1. The molecule has 0 aromatic rings. The van der Waals surface area contributed by atoms with Crippen LogP contribution in [0.5, 0.6) is 0 Å². The number of nitrogens with one attached hydrogen (secondary N) is 3. The first-order valence-corrected chi connectivity index (χ1v) is 9.66. The molecule has 6 nitrogen and oxygen atoms in total. The maximum Gasteiger partial charge on any atom is 0.222 e. The molecule has 1 unspecified atom stereocenters. The largest absolute Gasteiger partial charge is 0.357 e. The second kappa shape index (κ2) is 9.87. The van der Waals surface area contributed by atoms with Crippen LogP contribution in [0.25, 0.3) is 0 Å². The monoisotopic (exact) mass is 337 g/mol. The fraction of sp³-hybridized carbons (Fsp3) is 0.889. The fourth-order valence-corrected chi connectivity index (χ4v) is 3.68. The van der Waals surface area contributed by atoms with Crippen LogP contribution >= 0.6 is 0 Å². The zero-order valence-corrected chi connectivity index (χ0v) is 15.6. The average Bonchev–Trinajstić information content (AvgIpc) is 3.17. The molecule has 3 N–H and O–H groups in total. The van der Waals surface area contributed by atoms with Crippen molar-refractivity contribution >= 4 is 11.9 Å². The Balaban J connectivity index is 1.75. The van der Waals surface area contributed by atoms with E-state index in [1.807, 2.05) is 13.8 Å². The molecule has 2 rings (SSSR count). The molecule has 1 aliphatic heterocycles. The van der Waals surface area contributed by atoms with Gasteiger partial charge in [0.15, 0.2) is 5.96 Å². The quantitative estimate of drug-likeness (QED) is 0.486. The van der Waals surface area contributed by atoms with Gasteiger partial charge in [-0.15, -0.1) is 0 Å². The Hall–Kier alpha value is -1.30. The minimum absolute atomic E-state index is 0.0675. The normalized spacial score (nSPS) is 23.0. The standard InChI is InChI=1S/C18H35N5O/c1-4-19-18(20-11-9-17(24)21-14(2)3)22-15-10-12-23(13-15)16-7-5-6-8-16/h14-16H,4-13H2,1-3H3,(H,21,24)(H2,19,20,22). The summed E-state index contributed by atoms with van der Waals surface area (Å²) in [5.74, 6) is 0.908. The van der Waals surface area contributed by atoms with Crippen LogP contribution in [0.2, 0.25) is 0 Å². The van der Waals surface area contributed by atoms with Gasteiger partial charge in [-0.25, -0.2) is 0 Å². The zero-order chi connectivity index (χ0) is 17.4. The van der Waals surface area contributed by atoms with Crippen LogP contribution in [0.15, 0.2) is 4.99 Å². The van der Waals surface area contributed by atoms with Crippen molar-refractivity contribution < 1.29 is 4.79 Å². The van der Waals surface area contributed by atoms with Crippen molar-refractivity contribution in [2.24, 2.45) is 4.99 Å². The summed E-state index contributed by atoms with van der Waals surface area (Å²) < 4.78 is 0. The third-order valence-electron chi connectivity index (χ3n) is 4.80. The Morgan fingerprint density at radius 3 is 2.67 bits per heavy atom. The first-order valence-electron chi connectivity index (χ1n) is 9.66. The van der Waals surface area contributed by atoms with Crippen LogP contribution in [0.3, 0.4) is 0 Å². The first-order chi connectivity index (χ1) is 11.6. The molecule has 0 aromatic carbocycles. The molecule has 24 heavy (non-hydrogen) atoms. The molecule has 0 bridgehead atoms. The van der Waals surface area contributed by atoms with Crippen LogP contribution in [0.4, 0.5) is 0 Å². The van der Waals surface area contributed by atoms with Crippen LogP contribution < -0.4 is 16.0 Å². The molecule has 138 valence electrons. The third kappa shape index (κ3) is 6.30. The Morgan fingerprint density at radius 2 is 2.00 bits per heavy atom. The number of likely N-dealkylation sites (tertiary alicyclic amines) is 1. The SMILES string of the molecule is CCNC(=NCCC(=O)NC(C)C)NC1CCN(C2CCCC2)C1. The molecule has 1 saturated carbocycles. The average molecular weight is 338 g/mol. The van der Waals surface area contributed by atoms with E-state index in [1.54, 1.807) is 0 Å². The predicted molar refractivity (Wildman–Crippen MR) is 99.2 cm³/mol. The van der Waals surface area contributed by atoms with Crippen LogP contribution in [0.1, 0.15) is 59.3 Å². The molecule has 0 aromatic heterocycles. The van der Waals surface area contributed by atoms with Crippen LogP contribution in [-0.2, 0) is 4.79 Å². The molecule has 2 aliphatic rings. The van der Waals surface area contributed by atoms with Gasteiger partial charge in [-0.05, 0) is 40.0 Å². The molecular formula is C18H35N5O. The topological polar surface area (TPSA) is 68.8 Å². The highest BCUT2D eigenvalue weighted by atomic mass is 16.1. The van der Waals surface area contributed by atoms with Gasteiger partial charge in [0.2, 0.25) is 5.91 Å². The smallest absolute Gasteiger partial charge is 0.222 e. The van der Waals surface area contributed by atoms with E-state index < -0.39 is 0 Å². The van der Waals surface area contributed by atoms with Gasteiger partial charge in [0.1, 0.15) is 0 Å². The molecule has 0 spiro atoms. The lowest BCUT2D eigenvalue weighted by atomic mass is 10.2. The van der Waals surface area contributed by atoms with Crippen molar-refractivity contribution in [1.82, 2.24) is 20.9 Å². The molecule has 2 fully saturated rings. The highest BCUT2D eigenvalue weighted by molar-refractivity contribution is 5.81. The number of hydrogen-bond acceptors (Lipinski definition) is 3.